The molecule has 0 aromatic carbocycles. The molecule has 0 saturated heterocycles. The minimum atomic E-state index is 0.191. The summed E-state index contributed by atoms with van der Waals surface area (Å²) in [6.45, 7) is 4.22. The SMILES string of the molecule is CCc1ccc(C(Br)c2ccc(C)s2)o1. The number of alkyl halides is 1. The zero-order chi connectivity index (χ0) is 10.8. The molecule has 0 aliphatic rings. The van der Waals surface area contributed by atoms with E-state index >= 15 is 0 Å². The Morgan fingerprint density at radius 3 is 2.67 bits per heavy atom. The molecule has 0 N–H and O–H groups in total. The summed E-state index contributed by atoms with van der Waals surface area (Å²) < 4.78 is 5.72. The van der Waals surface area contributed by atoms with Crippen LogP contribution in [0, 0.1) is 6.92 Å². The minimum absolute atomic E-state index is 0.191. The summed E-state index contributed by atoms with van der Waals surface area (Å²) in [5.41, 5.74) is 0. The normalized spacial score (nSPS) is 13.0. The molecular formula is C12H13BrOS. The Labute approximate surface area is 102 Å². The van der Waals surface area contributed by atoms with Crippen LogP contribution in [0.5, 0.6) is 0 Å². The Kier molecular flexibility index (Phi) is 3.32. The second kappa shape index (κ2) is 4.54. The molecule has 2 rings (SSSR count). The Morgan fingerprint density at radius 1 is 1.33 bits per heavy atom. The Hall–Kier alpha value is -0.540. The van der Waals surface area contributed by atoms with E-state index in [9.17, 15) is 0 Å². The average molecular weight is 285 g/mol. The lowest BCUT2D eigenvalue weighted by molar-refractivity contribution is 0.478. The molecular weight excluding hydrogens is 272 g/mol. The van der Waals surface area contributed by atoms with Crippen LogP contribution in [0.15, 0.2) is 28.7 Å². The summed E-state index contributed by atoms with van der Waals surface area (Å²) in [4.78, 5) is 2.82. The van der Waals surface area contributed by atoms with Gasteiger partial charge in [-0.2, -0.15) is 0 Å². The molecule has 1 unspecified atom stereocenters. The predicted molar refractivity (Wildman–Crippen MR) is 67.9 cm³/mol. The number of hydrogen-bond acceptors (Lipinski definition) is 2. The first-order chi connectivity index (χ1) is 7.20. The maximum Gasteiger partial charge on any atom is 0.123 e. The Morgan fingerprint density at radius 2 is 2.13 bits per heavy atom. The van der Waals surface area contributed by atoms with E-state index in [1.165, 1.54) is 9.75 Å². The third-order valence-corrected chi connectivity index (χ3v) is 4.60. The molecule has 0 amide bonds. The van der Waals surface area contributed by atoms with Gasteiger partial charge in [0.05, 0.1) is 0 Å². The number of furan rings is 1. The van der Waals surface area contributed by atoms with Crippen molar-refractivity contribution in [2.45, 2.75) is 25.1 Å². The topological polar surface area (TPSA) is 13.1 Å². The zero-order valence-electron chi connectivity index (χ0n) is 8.79. The molecule has 1 nitrogen and oxygen atoms in total. The van der Waals surface area contributed by atoms with E-state index < -0.39 is 0 Å². The van der Waals surface area contributed by atoms with E-state index in [1.807, 2.05) is 12.1 Å². The highest BCUT2D eigenvalue weighted by Gasteiger charge is 2.15. The molecule has 0 fully saturated rings. The largest absolute Gasteiger partial charge is 0.465 e. The Balaban J connectivity index is 2.23. The van der Waals surface area contributed by atoms with Gasteiger partial charge in [0.15, 0.2) is 0 Å². The molecule has 0 spiro atoms. The molecule has 3 heteroatoms. The van der Waals surface area contributed by atoms with Crippen molar-refractivity contribution >= 4 is 27.3 Å². The lowest BCUT2D eigenvalue weighted by Crippen LogP contribution is -1.85. The number of rotatable bonds is 3. The van der Waals surface area contributed by atoms with Gasteiger partial charge in [0, 0.05) is 16.2 Å². The number of hydrogen-bond donors (Lipinski definition) is 0. The second-order valence-corrected chi connectivity index (χ2v) is 5.70. The molecule has 0 aliphatic carbocycles. The third-order valence-electron chi connectivity index (χ3n) is 2.29. The van der Waals surface area contributed by atoms with Crippen molar-refractivity contribution in [2.24, 2.45) is 0 Å². The predicted octanol–water partition coefficient (Wildman–Crippen LogP) is 4.70. The number of aryl methyl sites for hydroxylation is 2. The summed E-state index contributed by atoms with van der Waals surface area (Å²) >= 11 is 5.47. The van der Waals surface area contributed by atoms with Crippen LogP contribution < -0.4 is 0 Å². The molecule has 15 heavy (non-hydrogen) atoms. The van der Waals surface area contributed by atoms with Crippen molar-refractivity contribution in [3.05, 3.63) is 45.5 Å². The molecule has 0 bridgehead atoms. The van der Waals surface area contributed by atoms with Crippen LogP contribution in [0.2, 0.25) is 0 Å². The number of thiophene rings is 1. The fourth-order valence-corrected chi connectivity index (χ4v) is 2.99. The quantitative estimate of drug-likeness (QED) is 0.745. The fraction of sp³-hybridized carbons (Fsp3) is 0.333. The van der Waals surface area contributed by atoms with Gasteiger partial charge in [-0.15, -0.1) is 11.3 Å². The van der Waals surface area contributed by atoms with Gasteiger partial charge in [-0.25, -0.2) is 0 Å². The van der Waals surface area contributed by atoms with Gasteiger partial charge in [0.2, 0.25) is 0 Å². The summed E-state index contributed by atoms with van der Waals surface area (Å²) in [6, 6.07) is 8.38. The van der Waals surface area contributed by atoms with Gasteiger partial charge >= 0.3 is 0 Å². The third kappa shape index (κ3) is 2.34. The highest BCUT2D eigenvalue weighted by atomic mass is 79.9. The smallest absolute Gasteiger partial charge is 0.123 e. The summed E-state index contributed by atoms with van der Waals surface area (Å²) in [5.74, 6) is 2.04. The first-order valence-corrected chi connectivity index (χ1v) is 6.73. The molecule has 2 aromatic heterocycles. The van der Waals surface area contributed by atoms with Crippen molar-refractivity contribution in [3.63, 3.8) is 0 Å². The van der Waals surface area contributed by atoms with E-state index in [0.717, 1.165) is 17.9 Å². The van der Waals surface area contributed by atoms with E-state index in [2.05, 4.69) is 41.9 Å². The first kappa shape index (κ1) is 11.0. The van der Waals surface area contributed by atoms with Gasteiger partial charge < -0.3 is 4.42 Å². The maximum absolute atomic E-state index is 5.72. The molecule has 2 aromatic rings. The van der Waals surface area contributed by atoms with Gasteiger partial charge in [0.1, 0.15) is 16.3 Å². The van der Waals surface area contributed by atoms with Gasteiger partial charge in [-0.05, 0) is 31.2 Å². The molecule has 2 heterocycles. The average Bonchev–Trinajstić information content (AvgIpc) is 2.84. The molecule has 0 aliphatic heterocycles. The van der Waals surface area contributed by atoms with Crippen LogP contribution in [-0.4, -0.2) is 0 Å². The van der Waals surface area contributed by atoms with Crippen LogP contribution in [-0.2, 0) is 6.42 Å². The molecule has 0 radical (unpaired) electrons. The van der Waals surface area contributed by atoms with Crippen molar-refractivity contribution < 1.29 is 4.42 Å². The van der Waals surface area contributed by atoms with Crippen LogP contribution in [0.25, 0.3) is 0 Å². The monoisotopic (exact) mass is 284 g/mol. The van der Waals surface area contributed by atoms with E-state index in [0.29, 0.717) is 0 Å². The van der Waals surface area contributed by atoms with Gasteiger partial charge in [-0.1, -0.05) is 22.9 Å². The summed E-state index contributed by atoms with van der Waals surface area (Å²) in [6.07, 6.45) is 0.948. The maximum atomic E-state index is 5.72. The summed E-state index contributed by atoms with van der Waals surface area (Å²) in [7, 11) is 0. The fourth-order valence-electron chi connectivity index (χ4n) is 1.45. The second-order valence-electron chi connectivity index (χ2n) is 3.47. The lowest BCUT2D eigenvalue weighted by Gasteiger charge is -2.03. The zero-order valence-corrected chi connectivity index (χ0v) is 11.2. The summed E-state index contributed by atoms with van der Waals surface area (Å²) in [5, 5.41) is 0. The standard InChI is InChI=1S/C12H13BrOS/c1-3-9-5-6-10(14-9)12(13)11-7-4-8(2)15-11/h4-7,12H,3H2,1-2H3. The lowest BCUT2D eigenvalue weighted by atomic mass is 10.3. The van der Waals surface area contributed by atoms with Gasteiger partial charge in [-0.3, -0.25) is 0 Å². The first-order valence-electron chi connectivity index (χ1n) is 4.99. The molecule has 0 saturated carbocycles. The van der Waals surface area contributed by atoms with E-state index in [4.69, 9.17) is 4.42 Å². The Bertz CT molecular complexity index is 444. The van der Waals surface area contributed by atoms with E-state index in [-0.39, 0.29) is 4.83 Å². The van der Waals surface area contributed by atoms with Crippen molar-refractivity contribution in [2.75, 3.05) is 0 Å². The van der Waals surface area contributed by atoms with Crippen LogP contribution >= 0.6 is 27.3 Å². The van der Waals surface area contributed by atoms with Crippen molar-refractivity contribution in [1.29, 1.82) is 0 Å². The minimum Gasteiger partial charge on any atom is -0.465 e. The van der Waals surface area contributed by atoms with Crippen LogP contribution in [0.4, 0.5) is 0 Å². The van der Waals surface area contributed by atoms with Crippen LogP contribution in [0.1, 0.15) is 33.0 Å². The van der Waals surface area contributed by atoms with Crippen molar-refractivity contribution in [1.82, 2.24) is 0 Å². The molecule has 80 valence electrons. The van der Waals surface area contributed by atoms with E-state index in [1.54, 1.807) is 11.3 Å². The highest BCUT2D eigenvalue weighted by molar-refractivity contribution is 9.09. The molecule has 1 atom stereocenters. The van der Waals surface area contributed by atoms with Crippen LogP contribution in [0.3, 0.4) is 0 Å². The van der Waals surface area contributed by atoms with Crippen molar-refractivity contribution in [3.8, 4) is 0 Å². The number of halogens is 1. The van der Waals surface area contributed by atoms with Gasteiger partial charge in [0.25, 0.3) is 0 Å². The highest BCUT2D eigenvalue weighted by Crippen LogP contribution is 2.35.